The molecular weight excluding hydrogens is 361 g/mol. The van der Waals surface area contributed by atoms with Crippen LogP contribution in [0.4, 0.5) is 13.2 Å². The average molecular weight is 379 g/mol. The maximum atomic E-state index is 12.8. The average Bonchev–Trinajstić information content (AvgIpc) is 2.58. The number of methoxy groups -OCH3 is 1. The number of carbonyl (C=O) groups is 2. The molecule has 1 aromatic carbocycles. The smallest absolute Gasteiger partial charge is 0.391 e. The van der Waals surface area contributed by atoms with Gasteiger partial charge in [-0.15, -0.1) is 0 Å². The first-order valence-corrected chi connectivity index (χ1v) is 8.10. The Kier molecular flexibility index (Phi) is 6.16. The van der Waals surface area contributed by atoms with Crippen molar-refractivity contribution in [2.24, 2.45) is 11.8 Å². The molecule has 5 nitrogen and oxygen atoms in total. The zero-order chi connectivity index (χ0) is 18.6. The van der Waals surface area contributed by atoms with E-state index in [0.29, 0.717) is 17.9 Å². The SMILES string of the molecule is COc1ccc(Cl)cc1C(=O)NNC(=O)C1CCCC(C(F)(F)F)C1. The normalized spacial score (nSPS) is 20.7. The van der Waals surface area contributed by atoms with Crippen molar-refractivity contribution >= 4 is 23.4 Å². The fourth-order valence-electron chi connectivity index (χ4n) is 2.87. The maximum Gasteiger partial charge on any atom is 0.391 e. The van der Waals surface area contributed by atoms with E-state index in [-0.39, 0.29) is 24.2 Å². The third kappa shape index (κ3) is 5.01. The van der Waals surface area contributed by atoms with Crippen LogP contribution in [0.5, 0.6) is 5.75 Å². The first-order valence-electron chi connectivity index (χ1n) is 7.72. The van der Waals surface area contributed by atoms with Gasteiger partial charge in [0.05, 0.1) is 18.6 Å². The predicted molar refractivity (Wildman–Crippen MR) is 85.1 cm³/mol. The van der Waals surface area contributed by atoms with Crippen molar-refractivity contribution in [1.82, 2.24) is 10.9 Å². The van der Waals surface area contributed by atoms with Crippen LogP contribution in [0, 0.1) is 11.8 Å². The minimum atomic E-state index is -4.31. The molecule has 0 heterocycles. The number of carbonyl (C=O) groups excluding carboxylic acids is 2. The molecule has 1 aliphatic rings. The van der Waals surface area contributed by atoms with Gasteiger partial charge in [-0.3, -0.25) is 20.4 Å². The minimum absolute atomic E-state index is 0.0271. The summed E-state index contributed by atoms with van der Waals surface area (Å²) in [5.41, 5.74) is 4.49. The number of hydrogen-bond donors (Lipinski definition) is 2. The third-order valence-electron chi connectivity index (χ3n) is 4.21. The predicted octanol–water partition coefficient (Wildman–Crippen LogP) is 3.48. The Hall–Kier alpha value is -1.96. The van der Waals surface area contributed by atoms with Gasteiger partial charge in [-0.25, -0.2) is 0 Å². The Balaban J connectivity index is 1.96. The highest BCUT2D eigenvalue weighted by atomic mass is 35.5. The molecular formula is C16H18ClF3N2O3. The Morgan fingerprint density at radius 1 is 1.24 bits per heavy atom. The fraction of sp³-hybridized carbons (Fsp3) is 0.500. The van der Waals surface area contributed by atoms with E-state index in [0.717, 1.165) is 0 Å². The van der Waals surface area contributed by atoms with Crippen molar-refractivity contribution in [1.29, 1.82) is 0 Å². The van der Waals surface area contributed by atoms with Gasteiger partial charge >= 0.3 is 6.18 Å². The van der Waals surface area contributed by atoms with Crippen LogP contribution in [0.15, 0.2) is 18.2 Å². The van der Waals surface area contributed by atoms with E-state index >= 15 is 0 Å². The summed E-state index contributed by atoms with van der Waals surface area (Å²) in [5.74, 6) is -3.33. The summed E-state index contributed by atoms with van der Waals surface area (Å²) in [6.07, 6.45) is -3.88. The van der Waals surface area contributed by atoms with Gasteiger partial charge in [0.25, 0.3) is 5.91 Å². The quantitative estimate of drug-likeness (QED) is 0.791. The second-order valence-electron chi connectivity index (χ2n) is 5.89. The standard InChI is InChI=1S/C16H18ClF3N2O3/c1-25-13-6-5-11(17)8-12(13)15(24)22-21-14(23)9-3-2-4-10(7-9)16(18,19)20/h5-6,8-10H,2-4,7H2,1H3,(H,21,23)(H,22,24). The molecule has 2 N–H and O–H groups in total. The molecule has 1 fully saturated rings. The zero-order valence-electron chi connectivity index (χ0n) is 13.5. The van der Waals surface area contributed by atoms with Crippen molar-refractivity contribution in [2.75, 3.05) is 7.11 Å². The first-order chi connectivity index (χ1) is 11.7. The Labute approximate surface area is 147 Å². The summed E-state index contributed by atoms with van der Waals surface area (Å²) in [5, 5.41) is 0.303. The summed E-state index contributed by atoms with van der Waals surface area (Å²) in [4.78, 5) is 24.2. The Morgan fingerprint density at radius 2 is 1.96 bits per heavy atom. The van der Waals surface area contributed by atoms with Gasteiger partial charge in [-0.05, 0) is 37.5 Å². The van der Waals surface area contributed by atoms with E-state index < -0.39 is 29.8 Å². The molecule has 0 spiro atoms. The van der Waals surface area contributed by atoms with Crippen LogP contribution in [0.25, 0.3) is 0 Å². The molecule has 9 heteroatoms. The monoisotopic (exact) mass is 378 g/mol. The van der Waals surface area contributed by atoms with Crippen LogP contribution in [0.2, 0.25) is 5.02 Å². The Bertz CT molecular complexity index is 652. The number of ether oxygens (including phenoxy) is 1. The minimum Gasteiger partial charge on any atom is -0.496 e. The van der Waals surface area contributed by atoms with E-state index in [9.17, 15) is 22.8 Å². The number of amides is 2. The zero-order valence-corrected chi connectivity index (χ0v) is 14.2. The van der Waals surface area contributed by atoms with E-state index in [1.54, 1.807) is 0 Å². The number of hydrazine groups is 1. The van der Waals surface area contributed by atoms with Gasteiger partial charge in [-0.1, -0.05) is 18.0 Å². The molecule has 1 saturated carbocycles. The molecule has 0 radical (unpaired) electrons. The molecule has 2 amide bonds. The van der Waals surface area contributed by atoms with Crippen molar-refractivity contribution in [3.8, 4) is 5.75 Å². The van der Waals surface area contributed by atoms with E-state index in [4.69, 9.17) is 16.3 Å². The van der Waals surface area contributed by atoms with E-state index in [1.165, 1.54) is 25.3 Å². The summed E-state index contributed by atoms with van der Waals surface area (Å²) in [7, 11) is 1.37. The summed E-state index contributed by atoms with van der Waals surface area (Å²) < 4.78 is 43.5. The highest BCUT2D eigenvalue weighted by molar-refractivity contribution is 6.31. The van der Waals surface area contributed by atoms with Gasteiger partial charge < -0.3 is 4.74 Å². The number of rotatable bonds is 3. The van der Waals surface area contributed by atoms with Gasteiger partial charge in [0, 0.05) is 10.9 Å². The van der Waals surface area contributed by atoms with Crippen LogP contribution in [-0.2, 0) is 4.79 Å². The molecule has 138 valence electrons. The molecule has 2 unspecified atom stereocenters. The van der Waals surface area contributed by atoms with Crippen LogP contribution >= 0.6 is 11.6 Å². The van der Waals surface area contributed by atoms with E-state index in [1.807, 2.05) is 0 Å². The van der Waals surface area contributed by atoms with Crippen LogP contribution in [0.3, 0.4) is 0 Å². The van der Waals surface area contributed by atoms with Crippen molar-refractivity contribution in [3.05, 3.63) is 28.8 Å². The number of hydrogen-bond acceptors (Lipinski definition) is 3. The van der Waals surface area contributed by atoms with Gasteiger partial charge in [0.15, 0.2) is 0 Å². The number of alkyl halides is 3. The van der Waals surface area contributed by atoms with Crippen LogP contribution in [0.1, 0.15) is 36.0 Å². The number of benzene rings is 1. The van der Waals surface area contributed by atoms with Crippen LogP contribution in [-0.4, -0.2) is 25.1 Å². The maximum absolute atomic E-state index is 12.8. The summed E-state index contributed by atoms with van der Waals surface area (Å²) in [6, 6.07) is 4.39. The number of nitrogens with one attached hydrogen (secondary N) is 2. The molecule has 25 heavy (non-hydrogen) atoms. The van der Waals surface area contributed by atoms with E-state index in [2.05, 4.69) is 10.9 Å². The second kappa shape index (κ2) is 7.95. The molecule has 0 saturated heterocycles. The molecule has 2 atom stereocenters. The highest BCUT2D eigenvalue weighted by Gasteiger charge is 2.43. The largest absolute Gasteiger partial charge is 0.496 e. The van der Waals surface area contributed by atoms with Gasteiger partial charge in [-0.2, -0.15) is 13.2 Å². The molecule has 1 aliphatic carbocycles. The lowest BCUT2D eigenvalue weighted by molar-refractivity contribution is -0.186. The lowest BCUT2D eigenvalue weighted by atomic mass is 9.80. The van der Waals surface area contributed by atoms with Crippen molar-refractivity contribution in [3.63, 3.8) is 0 Å². The number of halogens is 4. The van der Waals surface area contributed by atoms with Crippen molar-refractivity contribution in [2.45, 2.75) is 31.9 Å². The second-order valence-corrected chi connectivity index (χ2v) is 6.33. The molecule has 0 bridgehead atoms. The van der Waals surface area contributed by atoms with Crippen molar-refractivity contribution < 1.29 is 27.5 Å². The van der Waals surface area contributed by atoms with Gasteiger partial charge in [0.1, 0.15) is 5.75 Å². The third-order valence-corrected chi connectivity index (χ3v) is 4.45. The first kappa shape index (κ1) is 19.4. The molecule has 0 aliphatic heterocycles. The molecule has 1 aromatic rings. The Morgan fingerprint density at radius 3 is 2.60 bits per heavy atom. The summed E-state index contributed by atoms with van der Waals surface area (Å²) in [6.45, 7) is 0. The van der Waals surface area contributed by atoms with Gasteiger partial charge in [0.2, 0.25) is 5.91 Å². The molecule has 2 rings (SSSR count). The lowest BCUT2D eigenvalue weighted by Crippen LogP contribution is -2.46. The molecule has 0 aromatic heterocycles. The summed E-state index contributed by atoms with van der Waals surface area (Å²) >= 11 is 5.83. The van der Waals surface area contributed by atoms with Crippen LogP contribution < -0.4 is 15.6 Å². The lowest BCUT2D eigenvalue weighted by Gasteiger charge is -2.29. The highest BCUT2D eigenvalue weighted by Crippen LogP contribution is 2.39. The fourth-order valence-corrected chi connectivity index (χ4v) is 3.04. The topological polar surface area (TPSA) is 67.4 Å².